The van der Waals surface area contributed by atoms with E-state index in [1.807, 2.05) is 48.7 Å². The summed E-state index contributed by atoms with van der Waals surface area (Å²) in [7, 11) is 0. The Labute approximate surface area is 148 Å². The molecule has 0 aliphatic carbocycles. The molecule has 0 spiro atoms. The molecule has 1 fully saturated rings. The summed E-state index contributed by atoms with van der Waals surface area (Å²) in [6, 6.07) is 15.7. The Morgan fingerprint density at radius 1 is 1.12 bits per heavy atom. The minimum atomic E-state index is -0.176. The number of hydrogen-bond donors (Lipinski definition) is 1. The van der Waals surface area contributed by atoms with Crippen LogP contribution in [0.25, 0.3) is 28.2 Å². The molecule has 1 saturated heterocycles. The first kappa shape index (κ1) is 15.0. The molecule has 0 saturated carbocycles. The molecule has 2 aromatic heterocycles. The predicted molar refractivity (Wildman–Crippen MR) is 101 cm³/mol. The van der Waals surface area contributed by atoms with E-state index in [2.05, 4.69) is 21.4 Å². The lowest BCUT2D eigenvalue weighted by Crippen LogP contribution is -2.17. The van der Waals surface area contributed by atoms with Gasteiger partial charge in [0.15, 0.2) is 0 Å². The molecular weight excluding hydrogens is 338 g/mol. The van der Waals surface area contributed by atoms with E-state index in [9.17, 15) is 4.79 Å². The van der Waals surface area contributed by atoms with Gasteiger partial charge in [0.2, 0.25) is 0 Å². The average molecular weight is 349 g/mol. The van der Waals surface area contributed by atoms with E-state index in [0.717, 1.165) is 22.2 Å². The van der Waals surface area contributed by atoms with Crippen molar-refractivity contribution in [2.45, 2.75) is 0 Å². The molecule has 1 amide bonds. The van der Waals surface area contributed by atoms with Crippen molar-refractivity contribution in [3.8, 4) is 11.3 Å². The van der Waals surface area contributed by atoms with Crippen LogP contribution in [-0.2, 0) is 4.79 Å². The van der Waals surface area contributed by atoms with Crippen LogP contribution in [0, 0.1) is 0 Å². The van der Waals surface area contributed by atoms with Crippen LogP contribution in [0.1, 0.15) is 5.69 Å². The molecule has 0 bridgehead atoms. The summed E-state index contributed by atoms with van der Waals surface area (Å²) in [6.07, 6.45) is 3.56. The molecule has 1 aliphatic rings. The molecule has 6 heteroatoms. The van der Waals surface area contributed by atoms with Gasteiger partial charge in [-0.25, -0.2) is 4.98 Å². The van der Waals surface area contributed by atoms with Crippen LogP contribution in [0.15, 0.2) is 59.6 Å². The van der Waals surface area contributed by atoms with Gasteiger partial charge < -0.3 is 5.32 Å². The van der Waals surface area contributed by atoms with E-state index in [-0.39, 0.29) is 5.91 Å². The minimum absolute atomic E-state index is 0.176. The van der Waals surface area contributed by atoms with Gasteiger partial charge in [-0.3, -0.25) is 9.78 Å². The number of para-hydroxylation sites is 1. The number of benzene rings is 1. The maximum Gasteiger partial charge on any atom is 0.263 e. The number of thiocarbonyl (C=S) groups is 1. The second-order valence-electron chi connectivity index (χ2n) is 5.22. The Morgan fingerprint density at radius 3 is 2.83 bits per heavy atom. The van der Waals surface area contributed by atoms with Gasteiger partial charge in [-0.2, -0.15) is 0 Å². The van der Waals surface area contributed by atoms with Crippen LogP contribution >= 0.6 is 24.0 Å². The first-order valence-corrected chi connectivity index (χ1v) is 8.49. The standard InChI is InChI=1S/C18H11N3OS2/c22-17-16(24-18(23)21-17)9-13-5-3-7-15(20-13)12-8-11-4-1-2-6-14(11)19-10-12/h1-10H,(H,21,22,23)/b16-9-. The zero-order chi connectivity index (χ0) is 16.5. The van der Waals surface area contributed by atoms with Gasteiger partial charge in [-0.1, -0.05) is 48.2 Å². The SMILES string of the molecule is O=C1NC(=S)S/C1=C\c1cccc(-c2cnc3ccccc3c2)n1. The van der Waals surface area contributed by atoms with Crippen molar-refractivity contribution in [3.05, 3.63) is 65.3 Å². The lowest BCUT2D eigenvalue weighted by molar-refractivity contribution is -0.115. The molecule has 1 aliphatic heterocycles. The number of amides is 1. The quantitative estimate of drug-likeness (QED) is 0.563. The number of nitrogens with one attached hydrogen (secondary N) is 1. The highest BCUT2D eigenvalue weighted by Crippen LogP contribution is 2.26. The second kappa shape index (κ2) is 6.14. The highest BCUT2D eigenvalue weighted by atomic mass is 32.2. The minimum Gasteiger partial charge on any atom is -0.307 e. The second-order valence-corrected chi connectivity index (χ2v) is 6.94. The van der Waals surface area contributed by atoms with Crippen LogP contribution in [0.2, 0.25) is 0 Å². The molecule has 3 heterocycles. The highest BCUT2D eigenvalue weighted by Gasteiger charge is 2.22. The summed E-state index contributed by atoms with van der Waals surface area (Å²) in [5.41, 5.74) is 3.41. The van der Waals surface area contributed by atoms with Crippen molar-refractivity contribution in [1.29, 1.82) is 0 Å². The van der Waals surface area contributed by atoms with Crippen LogP contribution in [0.5, 0.6) is 0 Å². The first-order valence-electron chi connectivity index (χ1n) is 7.26. The lowest BCUT2D eigenvalue weighted by Gasteiger charge is -2.04. The van der Waals surface area contributed by atoms with Crippen LogP contribution in [0.3, 0.4) is 0 Å². The summed E-state index contributed by atoms with van der Waals surface area (Å²) < 4.78 is 0.473. The van der Waals surface area contributed by atoms with Crippen molar-refractivity contribution < 1.29 is 4.79 Å². The van der Waals surface area contributed by atoms with Gasteiger partial charge in [0.25, 0.3) is 5.91 Å². The van der Waals surface area contributed by atoms with Gasteiger partial charge in [0.05, 0.1) is 21.8 Å². The summed E-state index contributed by atoms with van der Waals surface area (Å²) in [5.74, 6) is -0.176. The molecule has 116 valence electrons. The fraction of sp³-hybridized carbons (Fsp3) is 0. The predicted octanol–water partition coefficient (Wildman–Crippen LogP) is 3.79. The normalized spacial score (nSPS) is 15.9. The number of hydrogen-bond acceptors (Lipinski definition) is 5. The summed E-state index contributed by atoms with van der Waals surface area (Å²) in [6.45, 7) is 0. The average Bonchev–Trinajstić information content (AvgIpc) is 2.92. The molecule has 4 nitrogen and oxygen atoms in total. The Hall–Kier alpha value is -2.57. The van der Waals surface area contributed by atoms with Gasteiger partial charge in [-0.05, 0) is 30.3 Å². The monoisotopic (exact) mass is 349 g/mol. The molecule has 0 unspecified atom stereocenters. The van der Waals surface area contributed by atoms with E-state index in [0.29, 0.717) is 14.9 Å². The van der Waals surface area contributed by atoms with Crippen LogP contribution < -0.4 is 5.32 Å². The number of aromatic nitrogens is 2. The van der Waals surface area contributed by atoms with Crippen molar-refractivity contribution in [2.75, 3.05) is 0 Å². The van der Waals surface area contributed by atoms with Gasteiger partial charge in [-0.15, -0.1) is 0 Å². The molecule has 4 rings (SSSR count). The third-order valence-electron chi connectivity index (χ3n) is 3.58. The fourth-order valence-corrected chi connectivity index (χ4v) is 3.49. The third-order valence-corrected chi connectivity index (χ3v) is 4.74. The third kappa shape index (κ3) is 2.93. The fourth-order valence-electron chi connectivity index (χ4n) is 2.46. The van der Waals surface area contributed by atoms with Crippen LogP contribution in [0.4, 0.5) is 0 Å². The molecule has 0 radical (unpaired) electrons. The summed E-state index contributed by atoms with van der Waals surface area (Å²) >= 11 is 6.25. The van der Waals surface area contributed by atoms with Crippen molar-refractivity contribution >= 4 is 51.2 Å². The molecule has 1 N–H and O–H groups in total. The Bertz CT molecular complexity index is 1010. The van der Waals surface area contributed by atoms with Gasteiger partial charge in [0.1, 0.15) is 4.32 Å². The van der Waals surface area contributed by atoms with E-state index in [1.165, 1.54) is 11.8 Å². The molecule has 24 heavy (non-hydrogen) atoms. The van der Waals surface area contributed by atoms with E-state index in [4.69, 9.17) is 12.2 Å². The lowest BCUT2D eigenvalue weighted by atomic mass is 10.1. The number of nitrogens with zero attached hydrogens (tertiary/aromatic N) is 2. The van der Waals surface area contributed by atoms with Gasteiger partial charge in [0, 0.05) is 17.1 Å². The summed E-state index contributed by atoms with van der Waals surface area (Å²) in [4.78, 5) is 21.4. The maximum absolute atomic E-state index is 11.8. The molecular formula is C18H11N3OS2. The largest absolute Gasteiger partial charge is 0.307 e. The maximum atomic E-state index is 11.8. The van der Waals surface area contributed by atoms with E-state index >= 15 is 0 Å². The number of carbonyl (C=O) groups is 1. The topological polar surface area (TPSA) is 54.9 Å². The van der Waals surface area contributed by atoms with Crippen molar-refractivity contribution in [2.24, 2.45) is 0 Å². The van der Waals surface area contributed by atoms with Gasteiger partial charge >= 0.3 is 0 Å². The van der Waals surface area contributed by atoms with E-state index < -0.39 is 0 Å². The number of carbonyl (C=O) groups excluding carboxylic acids is 1. The Kier molecular flexibility index (Phi) is 3.84. The number of pyridine rings is 2. The molecule has 0 atom stereocenters. The van der Waals surface area contributed by atoms with Crippen LogP contribution in [-0.4, -0.2) is 20.2 Å². The zero-order valence-corrected chi connectivity index (χ0v) is 14.0. The summed E-state index contributed by atoms with van der Waals surface area (Å²) in [5, 5.41) is 3.67. The molecule has 3 aromatic rings. The molecule has 1 aromatic carbocycles. The van der Waals surface area contributed by atoms with Crippen molar-refractivity contribution in [3.63, 3.8) is 0 Å². The Morgan fingerprint density at radius 2 is 2.00 bits per heavy atom. The number of rotatable bonds is 2. The van der Waals surface area contributed by atoms with Crippen molar-refractivity contribution in [1.82, 2.24) is 15.3 Å². The number of fused-ring (bicyclic) bond motifs is 1. The zero-order valence-electron chi connectivity index (χ0n) is 12.4. The Balaban J connectivity index is 1.72. The van der Waals surface area contributed by atoms with E-state index in [1.54, 1.807) is 6.08 Å². The smallest absolute Gasteiger partial charge is 0.263 e. The highest BCUT2D eigenvalue weighted by molar-refractivity contribution is 8.26. The number of thioether (sulfide) groups is 1. The first-order chi connectivity index (χ1) is 11.7.